The molecular formula is C24H25ClN6O. The van der Waals surface area contributed by atoms with Gasteiger partial charge >= 0.3 is 0 Å². The molecule has 0 N–H and O–H groups in total. The molecule has 1 fully saturated rings. The third kappa shape index (κ3) is 4.00. The van der Waals surface area contributed by atoms with Gasteiger partial charge in [-0.3, -0.25) is 9.69 Å². The minimum atomic E-state index is -0.172. The van der Waals surface area contributed by atoms with Crippen LogP contribution in [-0.2, 0) is 4.79 Å². The Morgan fingerprint density at radius 3 is 2.50 bits per heavy atom. The largest absolute Gasteiger partial charge is 0.341 e. The number of fused-ring (bicyclic) bond motifs is 1. The van der Waals surface area contributed by atoms with Crippen molar-refractivity contribution in [2.24, 2.45) is 5.92 Å². The van der Waals surface area contributed by atoms with Gasteiger partial charge in [0.05, 0.1) is 5.70 Å². The predicted octanol–water partition coefficient (Wildman–Crippen LogP) is 4.04. The Bertz CT molecular complexity index is 1120. The molecule has 2 aromatic carbocycles. The first-order chi connectivity index (χ1) is 15.6. The van der Waals surface area contributed by atoms with Crippen molar-refractivity contribution in [1.82, 2.24) is 25.1 Å². The Kier molecular flexibility index (Phi) is 5.66. The molecule has 1 saturated heterocycles. The number of allylic oxidation sites excluding steroid dienone is 1. The number of piperidine rings is 1. The first kappa shape index (κ1) is 20.7. The van der Waals surface area contributed by atoms with Crippen LogP contribution < -0.4 is 4.90 Å². The van der Waals surface area contributed by atoms with Gasteiger partial charge in [0.1, 0.15) is 12.6 Å². The Hall–Kier alpha value is -3.19. The number of nitrogens with zero attached hydrogens (tertiary/aromatic N) is 6. The van der Waals surface area contributed by atoms with Crippen LogP contribution in [0.3, 0.4) is 0 Å². The second kappa shape index (κ2) is 8.74. The van der Waals surface area contributed by atoms with E-state index in [9.17, 15) is 4.79 Å². The number of halogens is 1. The van der Waals surface area contributed by atoms with Gasteiger partial charge in [-0.15, -0.1) is 0 Å². The molecule has 1 aromatic heterocycles. The summed E-state index contributed by atoms with van der Waals surface area (Å²) in [6.07, 6.45) is 4.20. The van der Waals surface area contributed by atoms with Crippen molar-refractivity contribution in [2.75, 3.05) is 24.5 Å². The van der Waals surface area contributed by atoms with E-state index in [2.05, 4.69) is 40.7 Å². The topological polar surface area (TPSA) is 67.2 Å². The third-order valence-corrected chi connectivity index (χ3v) is 6.55. The first-order valence-electron chi connectivity index (χ1n) is 11.0. The molecule has 1 atom stereocenters. The van der Waals surface area contributed by atoms with Crippen molar-refractivity contribution in [2.45, 2.75) is 25.8 Å². The van der Waals surface area contributed by atoms with Gasteiger partial charge in [-0.2, -0.15) is 4.68 Å². The van der Waals surface area contributed by atoms with E-state index in [1.165, 1.54) is 0 Å². The van der Waals surface area contributed by atoms with Crippen LogP contribution in [0.4, 0.5) is 5.95 Å². The lowest BCUT2D eigenvalue weighted by Gasteiger charge is -2.35. The molecular weight excluding hydrogens is 424 g/mol. The zero-order chi connectivity index (χ0) is 22.1. The summed E-state index contributed by atoms with van der Waals surface area (Å²) in [6, 6.07) is 17.6. The normalized spacial score (nSPS) is 18.9. The molecule has 164 valence electrons. The van der Waals surface area contributed by atoms with Crippen LogP contribution in [0.2, 0.25) is 5.02 Å². The van der Waals surface area contributed by atoms with Gasteiger partial charge in [-0.05, 0) is 58.5 Å². The van der Waals surface area contributed by atoms with Crippen LogP contribution in [0.1, 0.15) is 36.9 Å². The average molecular weight is 449 g/mol. The summed E-state index contributed by atoms with van der Waals surface area (Å²) >= 11 is 6.14. The fraction of sp³-hybridized carbons (Fsp3) is 0.333. The summed E-state index contributed by atoms with van der Waals surface area (Å²) in [5.74, 6) is 1.31. The smallest absolute Gasteiger partial charge is 0.251 e. The van der Waals surface area contributed by atoms with Crippen molar-refractivity contribution in [3.8, 4) is 0 Å². The summed E-state index contributed by atoms with van der Waals surface area (Å²) in [5, 5.41) is 13.2. The second-order valence-electron chi connectivity index (χ2n) is 8.49. The Morgan fingerprint density at radius 1 is 1.06 bits per heavy atom. The Morgan fingerprint density at radius 2 is 1.78 bits per heavy atom. The number of aromatic nitrogens is 4. The van der Waals surface area contributed by atoms with Gasteiger partial charge in [0.2, 0.25) is 5.91 Å². The molecule has 2 aliphatic heterocycles. The highest BCUT2D eigenvalue weighted by molar-refractivity contribution is 6.30. The molecule has 0 saturated carbocycles. The number of hydrogen-bond donors (Lipinski definition) is 0. The van der Waals surface area contributed by atoms with Gasteiger partial charge in [-0.25, -0.2) is 0 Å². The van der Waals surface area contributed by atoms with Crippen LogP contribution in [-0.4, -0.2) is 50.6 Å². The third-order valence-electron chi connectivity index (χ3n) is 6.30. The highest BCUT2D eigenvalue weighted by atomic mass is 35.5. The molecule has 7 nitrogen and oxygen atoms in total. The average Bonchev–Trinajstić information content (AvgIpc) is 3.31. The predicted molar refractivity (Wildman–Crippen MR) is 124 cm³/mol. The highest BCUT2D eigenvalue weighted by Gasteiger charge is 2.33. The quantitative estimate of drug-likeness (QED) is 0.602. The lowest BCUT2D eigenvalue weighted by Crippen LogP contribution is -2.45. The molecule has 0 bridgehead atoms. The molecule has 0 unspecified atom stereocenters. The Balaban J connectivity index is 1.53. The number of benzene rings is 2. The summed E-state index contributed by atoms with van der Waals surface area (Å²) in [6.45, 7) is 4.02. The second-order valence-corrected chi connectivity index (χ2v) is 8.92. The van der Waals surface area contributed by atoms with Crippen molar-refractivity contribution in [1.29, 1.82) is 0 Å². The maximum absolute atomic E-state index is 13.2. The van der Waals surface area contributed by atoms with Gasteiger partial charge in [0.15, 0.2) is 0 Å². The molecule has 0 spiro atoms. The minimum absolute atomic E-state index is 0.0875. The molecule has 0 aliphatic carbocycles. The standard InChI is InChI=1S/C24H25ClN6O/c1-17-11-13-29(14-12-17)23(32)16-30-21(19-7-9-20(25)10-8-19)15-22(18-5-3-2-4-6-18)31-24(30)26-27-28-31/h2-10,15,17,22H,11-14,16H2,1H3/t22-/m1/s1. The van der Waals surface area contributed by atoms with Crippen molar-refractivity contribution < 1.29 is 4.79 Å². The summed E-state index contributed by atoms with van der Waals surface area (Å²) in [7, 11) is 0. The fourth-order valence-electron chi connectivity index (χ4n) is 4.37. The van der Waals surface area contributed by atoms with Gasteiger partial charge in [0, 0.05) is 18.1 Å². The number of carbonyl (C=O) groups excluding carboxylic acids is 1. The monoisotopic (exact) mass is 448 g/mol. The lowest BCUT2D eigenvalue weighted by molar-refractivity contribution is -0.130. The number of carbonyl (C=O) groups is 1. The van der Waals surface area contributed by atoms with E-state index >= 15 is 0 Å². The molecule has 2 aliphatic rings. The number of amides is 1. The van der Waals surface area contributed by atoms with Gasteiger partial charge < -0.3 is 4.90 Å². The van der Waals surface area contributed by atoms with E-state index in [4.69, 9.17) is 11.6 Å². The molecule has 32 heavy (non-hydrogen) atoms. The highest BCUT2D eigenvalue weighted by Crippen LogP contribution is 2.36. The van der Waals surface area contributed by atoms with E-state index in [0.717, 1.165) is 42.8 Å². The molecule has 5 rings (SSSR count). The Labute approximate surface area is 192 Å². The summed E-state index contributed by atoms with van der Waals surface area (Å²) in [4.78, 5) is 17.1. The fourth-order valence-corrected chi connectivity index (χ4v) is 4.50. The molecule has 8 heteroatoms. The van der Waals surface area contributed by atoms with Crippen molar-refractivity contribution >= 4 is 29.2 Å². The molecule has 0 radical (unpaired) electrons. The maximum Gasteiger partial charge on any atom is 0.251 e. The first-order valence-corrected chi connectivity index (χ1v) is 11.3. The zero-order valence-corrected chi connectivity index (χ0v) is 18.7. The van der Waals surface area contributed by atoms with Gasteiger partial charge in [-0.1, -0.05) is 66.1 Å². The SMILES string of the molecule is CC1CCN(C(=O)CN2C(c3ccc(Cl)cc3)=C[C@H](c3ccccc3)n3nnnc32)CC1. The van der Waals surface area contributed by atoms with Crippen LogP contribution in [0.15, 0.2) is 60.7 Å². The summed E-state index contributed by atoms with van der Waals surface area (Å²) in [5.41, 5.74) is 2.93. The van der Waals surface area contributed by atoms with E-state index in [1.54, 1.807) is 4.68 Å². The van der Waals surface area contributed by atoms with E-state index in [0.29, 0.717) is 16.9 Å². The number of rotatable bonds is 4. The van der Waals surface area contributed by atoms with E-state index in [-0.39, 0.29) is 18.5 Å². The van der Waals surface area contributed by atoms with Crippen molar-refractivity contribution in [3.05, 3.63) is 76.8 Å². The lowest BCUT2D eigenvalue weighted by atomic mass is 9.99. The number of anilines is 1. The van der Waals surface area contributed by atoms with Crippen LogP contribution in [0, 0.1) is 5.92 Å². The van der Waals surface area contributed by atoms with E-state index in [1.807, 2.05) is 52.3 Å². The van der Waals surface area contributed by atoms with Crippen LogP contribution in [0.25, 0.3) is 5.70 Å². The minimum Gasteiger partial charge on any atom is -0.341 e. The molecule has 1 amide bonds. The number of likely N-dealkylation sites (tertiary alicyclic amines) is 1. The molecule has 3 heterocycles. The molecule has 3 aromatic rings. The van der Waals surface area contributed by atoms with Crippen LogP contribution in [0.5, 0.6) is 0 Å². The van der Waals surface area contributed by atoms with Gasteiger partial charge in [0.25, 0.3) is 5.95 Å². The number of tetrazole rings is 1. The summed E-state index contributed by atoms with van der Waals surface area (Å²) < 4.78 is 1.78. The van der Waals surface area contributed by atoms with Crippen molar-refractivity contribution in [3.63, 3.8) is 0 Å². The maximum atomic E-state index is 13.2. The van der Waals surface area contributed by atoms with E-state index < -0.39 is 0 Å². The van der Waals surface area contributed by atoms with Crippen LogP contribution >= 0.6 is 11.6 Å². The number of hydrogen-bond acceptors (Lipinski definition) is 5. The zero-order valence-electron chi connectivity index (χ0n) is 17.9.